The second-order valence-electron chi connectivity index (χ2n) is 6.45. The van der Waals surface area contributed by atoms with Crippen molar-refractivity contribution in [2.75, 3.05) is 5.32 Å². The van der Waals surface area contributed by atoms with Gasteiger partial charge in [0, 0.05) is 11.3 Å². The highest BCUT2D eigenvalue weighted by Crippen LogP contribution is 2.25. The molecule has 0 radical (unpaired) electrons. The number of phenols is 2. The molecule has 6 heteroatoms. The zero-order valence-corrected chi connectivity index (χ0v) is 15.9. The van der Waals surface area contributed by atoms with Crippen LogP contribution in [0.25, 0.3) is 10.8 Å². The number of phenolic OH excluding ortho intramolecular Hbond substituents is 2. The van der Waals surface area contributed by atoms with Crippen LogP contribution in [0.15, 0.2) is 91.0 Å². The second-order valence-corrected chi connectivity index (χ2v) is 6.45. The molecule has 4 rings (SSSR count). The third-order valence-electron chi connectivity index (χ3n) is 4.29. The maximum absolute atomic E-state index is 12.2. The Morgan fingerprint density at radius 1 is 0.733 bits per heavy atom. The Kier molecular flexibility index (Phi) is 6.29. The summed E-state index contributed by atoms with van der Waals surface area (Å²) in [5.41, 5.74) is 6.31. The second kappa shape index (κ2) is 9.25. The first-order valence-electron chi connectivity index (χ1n) is 9.11. The summed E-state index contributed by atoms with van der Waals surface area (Å²) in [5.74, 6) is -0.693. The molecular weight excluding hydrogens is 380 g/mol. The van der Waals surface area contributed by atoms with Crippen molar-refractivity contribution in [3.05, 3.63) is 102 Å². The summed E-state index contributed by atoms with van der Waals surface area (Å²) < 4.78 is 0. The maximum atomic E-state index is 12.2. The molecule has 0 aliphatic rings. The highest BCUT2D eigenvalue weighted by Gasteiger charge is 2.12. The topological polar surface area (TPSA) is 113 Å². The highest BCUT2D eigenvalue weighted by molar-refractivity contribution is 6.08. The van der Waals surface area contributed by atoms with Gasteiger partial charge in [-0.05, 0) is 59.3 Å². The molecule has 0 bridgehead atoms. The van der Waals surface area contributed by atoms with Crippen LogP contribution in [0.3, 0.4) is 0 Å². The number of fused-ring (bicyclic) bond motifs is 1. The lowest BCUT2D eigenvalue weighted by atomic mass is 10.1. The van der Waals surface area contributed by atoms with Crippen molar-refractivity contribution in [2.24, 2.45) is 5.73 Å². The quantitative estimate of drug-likeness (QED) is 0.411. The fraction of sp³-hybridized carbons (Fsp3) is 0. The molecule has 2 amide bonds. The number of carbonyl (C=O) groups excluding carboxylic acids is 2. The Morgan fingerprint density at radius 3 is 1.90 bits per heavy atom. The van der Waals surface area contributed by atoms with Crippen molar-refractivity contribution < 1.29 is 19.8 Å². The van der Waals surface area contributed by atoms with E-state index < -0.39 is 5.91 Å². The number of hydrogen-bond donors (Lipinski definition) is 4. The summed E-state index contributed by atoms with van der Waals surface area (Å²) >= 11 is 0. The number of para-hydroxylation sites is 1. The Bertz CT molecular complexity index is 1170. The minimum atomic E-state index is -0.486. The molecule has 0 heterocycles. The van der Waals surface area contributed by atoms with Gasteiger partial charge in [0.05, 0.1) is 5.56 Å². The SMILES string of the molecule is NC(=O)c1ccc(O)cc1.O=C(Nc1ccccc1)c1cc2ccccc2cc1O. The van der Waals surface area contributed by atoms with Gasteiger partial charge in [0.15, 0.2) is 0 Å². The van der Waals surface area contributed by atoms with Crippen LogP contribution in [0.2, 0.25) is 0 Å². The number of rotatable bonds is 3. The minimum Gasteiger partial charge on any atom is -0.508 e. The molecule has 0 unspecified atom stereocenters. The molecule has 0 saturated heterocycles. The zero-order chi connectivity index (χ0) is 21.5. The molecule has 0 spiro atoms. The van der Waals surface area contributed by atoms with Gasteiger partial charge in [0.1, 0.15) is 11.5 Å². The lowest BCUT2D eigenvalue weighted by molar-refractivity contribution is 0.0997. The number of anilines is 1. The molecule has 0 aliphatic carbocycles. The lowest BCUT2D eigenvalue weighted by Gasteiger charge is -2.08. The van der Waals surface area contributed by atoms with E-state index in [4.69, 9.17) is 10.8 Å². The third-order valence-corrected chi connectivity index (χ3v) is 4.29. The molecule has 4 aromatic rings. The van der Waals surface area contributed by atoms with Gasteiger partial charge >= 0.3 is 0 Å². The Balaban J connectivity index is 0.000000216. The molecule has 0 atom stereocenters. The number of nitrogens with one attached hydrogen (secondary N) is 1. The van der Waals surface area contributed by atoms with Crippen molar-refractivity contribution in [3.8, 4) is 11.5 Å². The maximum Gasteiger partial charge on any atom is 0.259 e. The third kappa shape index (κ3) is 5.14. The predicted molar refractivity (Wildman–Crippen MR) is 117 cm³/mol. The molecule has 30 heavy (non-hydrogen) atoms. The summed E-state index contributed by atoms with van der Waals surface area (Å²) in [6.07, 6.45) is 0. The van der Waals surface area contributed by atoms with Crippen LogP contribution in [0.4, 0.5) is 5.69 Å². The number of amides is 2. The van der Waals surface area contributed by atoms with Gasteiger partial charge in [-0.1, -0.05) is 42.5 Å². The number of hydrogen-bond acceptors (Lipinski definition) is 4. The Morgan fingerprint density at radius 2 is 1.30 bits per heavy atom. The fourth-order valence-corrected chi connectivity index (χ4v) is 2.76. The molecular formula is C24H20N2O4. The van der Waals surface area contributed by atoms with E-state index in [0.29, 0.717) is 11.3 Å². The van der Waals surface area contributed by atoms with E-state index >= 15 is 0 Å². The first-order chi connectivity index (χ1) is 14.4. The van der Waals surface area contributed by atoms with Crippen LogP contribution in [-0.2, 0) is 0 Å². The van der Waals surface area contributed by atoms with Gasteiger partial charge in [-0.3, -0.25) is 9.59 Å². The molecule has 6 nitrogen and oxygen atoms in total. The number of nitrogens with two attached hydrogens (primary N) is 1. The van der Waals surface area contributed by atoms with Crippen LogP contribution >= 0.6 is 0 Å². The van der Waals surface area contributed by atoms with Crippen molar-refractivity contribution in [3.63, 3.8) is 0 Å². The fourth-order valence-electron chi connectivity index (χ4n) is 2.76. The summed E-state index contributed by atoms with van der Waals surface area (Å²) in [7, 11) is 0. The van der Waals surface area contributed by atoms with Crippen LogP contribution < -0.4 is 11.1 Å². The van der Waals surface area contributed by atoms with Gasteiger partial charge in [0.2, 0.25) is 5.91 Å². The molecule has 150 valence electrons. The van der Waals surface area contributed by atoms with Gasteiger partial charge in [-0.25, -0.2) is 0 Å². The van der Waals surface area contributed by atoms with Crippen molar-refractivity contribution in [1.29, 1.82) is 0 Å². The van der Waals surface area contributed by atoms with Gasteiger partial charge in [0.25, 0.3) is 5.91 Å². The van der Waals surface area contributed by atoms with E-state index in [2.05, 4.69) is 5.32 Å². The summed E-state index contributed by atoms with van der Waals surface area (Å²) in [6.45, 7) is 0. The average molecular weight is 400 g/mol. The first-order valence-corrected chi connectivity index (χ1v) is 9.11. The largest absolute Gasteiger partial charge is 0.508 e. The lowest BCUT2D eigenvalue weighted by Crippen LogP contribution is -2.11. The zero-order valence-electron chi connectivity index (χ0n) is 15.9. The first kappa shape index (κ1) is 20.4. The van der Waals surface area contributed by atoms with Crippen molar-refractivity contribution in [2.45, 2.75) is 0 Å². The molecule has 4 aromatic carbocycles. The van der Waals surface area contributed by atoms with Gasteiger partial charge in [-0.15, -0.1) is 0 Å². The number of benzene rings is 4. The normalized spacial score (nSPS) is 10.0. The summed E-state index contributed by atoms with van der Waals surface area (Å²) in [4.78, 5) is 22.7. The molecule has 0 aliphatic heterocycles. The molecule has 5 N–H and O–H groups in total. The van der Waals surface area contributed by atoms with E-state index in [1.807, 2.05) is 42.5 Å². The molecule has 0 aromatic heterocycles. The predicted octanol–water partition coefficient (Wildman–Crippen LogP) is 4.29. The van der Waals surface area contributed by atoms with Crippen molar-refractivity contribution in [1.82, 2.24) is 0 Å². The highest BCUT2D eigenvalue weighted by atomic mass is 16.3. The standard InChI is InChI=1S/C17H13NO2.C7H7NO2/c19-16-11-13-7-5-4-6-12(13)10-15(16)17(20)18-14-8-2-1-3-9-14;8-7(10)5-1-3-6(9)4-2-5/h1-11,19H,(H,18,20);1-4,9H,(H2,8,10). The van der Waals surface area contributed by atoms with E-state index in [1.165, 1.54) is 24.3 Å². The van der Waals surface area contributed by atoms with E-state index in [0.717, 1.165) is 10.8 Å². The van der Waals surface area contributed by atoms with Gasteiger partial charge < -0.3 is 21.3 Å². The van der Waals surface area contributed by atoms with E-state index in [9.17, 15) is 14.7 Å². The summed E-state index contributed by atoms with van der Waals surface area (Å²) in [5, 5.41) is 23.4. The van der Waals surface area contributed by atoms with E-state index in [1.54, 1.807) is 24.3 Å². The number of primary amides is 1. The smallest absolute Gasteiger partial charge is 0.259 e. The van der Waals surface area contributed by atoms with Crippen LogP contribution in [-0.4, -0.2) is 22.0 Å². The van der Waals surface area contributed by atoms with E-state index in [-0.39, 0.29) is 23.0 Å². The summed E-state index contributed by atoms with van der Waals surface area (Å²) in [6, 6.07) is 25.8. The Labute approximate surface area is 173 Å². The van der Waals surface area contributed by atoms with Crippen LogP contribution in [0, 0.1) is 0 Å². The average Bonchev–Trinajstić information content (AvgIpc) is 2.74. The van der Waals surface area contributed by atoms with Crippen molar-refractivity contribution >= 4 is 28.3 Å². The Hall–Kier alpha value is -4.32. The monoisotopic (exact) mass is 400 g/mol. The van der Waals surface area contributed by atoms with Crippen LogP contribution in [0.5, 0.6) is 11.5 Å². The minimum absolute atomic E-state index is 0.0165. The molecule has 0 saturated carbocycles. The number of carbonyl (C=O) groups is 2. The molecule has 0 fully saturated rings. The van der Waals surface area contributed by atoms with Gasteiger partial charge in [-0.2, -0.15) is 0 Å². The number of aromatic hydroxyl groups is 2. The van der Waals surface area contributed by atoms with Crippen LogP contribution in [0.1, 0.15) is 20.7 Å².